The Labute approximate surface area is 430 Å². The van der Waals surface area contributed by atoms with Crippen LogP contribution in [0.15, 0.2) is 84.5 Å². The summed E-state index contributed by atoms with van der Waals surface area (Å²) in [6, 6.07) is 19.5. The number of nitrogens with one attached hydrogen (secondary N) is 2. The first-order valence-electron chi connectivity index (χ1n) is 23.7. The highest BCUT2D eigenvalue weighted by atomic mass is 32.1. The summed E-state index contributed by atoms with van der Waals surface area (Å²) in [6.07, 6.45) is -1.62. The monoisotopic (exact) mass is 1040 g/mol. The van der Waals surface area contributed by atoms with Gasteiger partial charge in [0.2, 0.25) is 17.7 Å². The van der Waals surface area contributed by atoms with Crippen LogP contribution in [0.5, 0.6) is 5.75 Å². The minimum Gasteiger partial charge on any atom is -0.494 e. The Kier molecular flexibility index (Phi) is 16.3. The number of halogens is 4. The molecule has 20 heteroatoms. The van der Waals surface area contributed by atoms with Crippen molar-refractivity contribution >= 4 is 63.7 Å². The number of hydrogen-bond acceptors (Lipinski definition) is 11. The zero-order valence-corrected chi connectivity index (χ0v) is 43.1. The molecule has 7 rings (SSSR count). The van der Waals surface area contributed by atoms with Gasteiger partial charge in [0.25, 0.3) is 5.91 Å². The Hall–Kier alpha value is -6.82. The maximum absolute atomic E-state index is 15.9. The van der Waals surface area contributed by atoms with E-state index in [9.17, 15) is 32.3 Å². The van der Waals surface area contributed by atoms with Gasteiger partial charge in [0, 0.05) is 13.2 Å². The van der Waals surface area contributed by atoms with Gasteiger partial charge in [-0.25, -0.2) is 14.4 Å². The van der Waals surface area contributed by atoms with Crippen molar-refractivity contribution in [2.75, 3.05) is 36.2 Å². The molecule has 2 aliphatic heterocycles. The largest absolute Gasteiger partial charge is 0.494 e. The number of pyridine rings is 1. The Morgan fingerprint density at radius 2 is 1.63 bits per heavy atom. The fourth-order valence-corrected chi connectivity index (χ4v) is 10.1. The van der Waals surface area contributed by atoms with Crippen LogP contribution < -0.4 is 25.2 Å². The molecule has 0 aliphatic carbocycles. The number of carbonyl (C=O) groups excluding carboxylic acids is 4. The van der Waals surface area contributed by atoms with Crippen LogP contribution in [0.2, 0.25) is 0 Å². The third-order valence-corrected chi connectivity index (χ3v) is 14.1. The highest BCUT2D eigenvalue weighted by Gasteiger charge is 2.52. The Morgan fingerprint density at radius 1 is 0.959 bits per heavy atom. The molecule has 3 aromatic carbocycles. The number of carbonyl (C=O) groups is 4. The van der Waals surface area contributed by atoms with Gasteiger partial charge in [-0.3, -0.25) is 24.1 Å². The Bertz CT molecular complexity index is 2920. The van der Waals surface area contributed by atoms with Gasteiger partial charge in [-0.05, 0) is 124 Å². The Morgan fingerprint density at radius 3 is 2.26 bits per heavy atom. The number of alkyl halides is 3. The molecule has 4 amide bonds. The van der Waals surface area contributed by atoms with Crippen LogP contribution in [-0.4, -0.2) is 87.6 Å². The molecule has 2 fully saturated rings. The van der Waals surface area contributed by atoms with Gasteiger partial charge in [0.1, 0.15) is 41.9 Å². The molecule has 14 nitrogen and oxygen atoms in total. The predicted octanol–water partition coefficient (Wildman–Crippen LogP) is 9.70. The van der Waals surface area contributed by atoms with Crippen LogP contribution in [0.4, 0.5) is 28.9 Å². The number of thiocarbonyl (C=S) groups is 1. The van der Waals surface area contributed by atoms with Crippen molar-refractivity contribution in [2.24, 2.45) is 5.41 Å². The molecular weight excluding hydrogens is 985 g/mol. The van der Waals surface area contributed by atoms with Crippen molar-refractivity contribution in [3.63, 3.8) is 0 Å². The lowest BCUT2D eigenvalue weighted by molar-refractivity contribution is -0.144. The molecule has 73 heavy (non-hydrogen) atoms. The standard InChI is InChI=1S/C53H56F4N8O6S2/c1-31(33-12-14-35(15-13-33)45-32(2)60-30-73-45)61-47(67)43-11-10-22-63(43)48(68)46(51(3,4)5)62-44(66)29-70-23-8-9-24-71-38-19-16-34(17-20-38)36-18-21-42(40(54)25-36)65-50(72)64(49(69)52(65,6)7)37-26-39(53(55,56)57)41(27-58)59-28-37/h12-21,25-26,28,30-31,43,46H,8-11,22-24,29H2,1-7H3,(H,61,67)(H,62,66)/t31-,43-,46?/m0/s1. The first-order valence-corrected chi connectivity index (χ1v) is 25.0. The molecule has 3 atom stereocenters. The van der Waals surface area contributed by atoms with Crippen molar-refractivity contribution in [3.8, 4) is 33.4 Å². The lowest BCUT2D eigenvalue weighted by Crippen LogP contribution is -2.58. The van der Waals surface area contributed by atoms with Gasteiger partial charge in [-0.1, -0.05) is 63.2 Å². The summed E-state index contributed by atoms with van der Waals surface area (Å²) in [5, 5.41) is 14.9. The summed E-state index contributed by atoms with van der Waals surface area (Å²) in [7, 11) is 0. The molecule has 4 heterocycles. The number of anilines is 2. The van der Waals surface area contributed by atoms with Crippen molar-refractivity contribution in [2.45, 2.75) is 104 Å². The molecule has 5 aromatic rings. The number of hydrogen-bond donors (Lipinski definition) is 2. The lowest BCUT2D eigenvalue weighted by Gasteiger charge is -2.35. The SMILES string of the molecule is Cc1ncsc1-c1ccc([C@H](C)NC(=O)[C@@H]2CCCN2C(=O)C(NC(=O)COCCCCOc2ccc(-c3ccc(N4C(=S)N(c5cnc(C#N)c(C(F)(F)F)c5)C(=O)C4(C)C)c(F)c3)cc2)C(C)(C)C)cc1. The minimum absolute atomic E-state index is 0.0677. The van der Waals surface area contributed by atoms with Crippen LogP contribution in [0.25, 0.3) is 21.6 Å². The number of unbranched alkanes of at least 4 members (excludes halogenated alkanes) is 1. The van der Waals surface area contributed by atoms with Crippen LogP contribution in [-0.2, 0) is 30.1 Å². The van der Waals surface area contributed by atoms with E-state index in [2.05, 4.69) is 20.6 Å². The molecule has 0 saturated carbocycles. The number of benzene rings is 3. The first kappa shape index (κ1) is 54.0. The molecule has 2 saturated heterocycles. The summed E-state index contributed by atoms with van der Waals surface area (Å²) >= 11 is 7.12. The van der Waals surface area contributed by atoms with Crippen molar-refractivity contribution in [3.05, 3.63) is 113 Å². The van der Waals surface area contributed by atoms with E-state index < -0.39 is 58.1 Å². The van der Waals surface area contributed by atoms with Crippen molar-refractivity contribution in [1.82, 2.24) is 25.5 Å². The number of amides is 4. The smallest absolute Gasteiger partial charge is 0.419 e. The van der Waals surface area contributed by atoms with Crippen molar-refractivity contribution < 1.29 is 46.2 Å². The fourth-order valence-electron chi connectivity index (χ4n) is 8.80. The number of nitriles is 1. The topological polar surface area (TPSA) is 170 Å². The molecule has 2 aliphatic rings. The third kappa shape index (κ3) is 12.0. The van der Waals surface area contributed by atoms with Crippen molar-refractivity contribution in [1.29, 1.82) is 5.26 Å². The number of rotatable bonds is 17. The van der Waals surface area contributed by atoms with E-state index in [-0.39, 0.29) is 47.6 Å². The molecule has 2 N–H and O–H groups in total. The van der Waals surface area contributed by atoms with Crippen LogP contribution >= 0.6 is 23.6 Å². The number of likely N-dealkylation sites (tertiary alicyclic amines) is 1. The Balaban J connectivity index is 0.851. The number of aryl methyl sites for hydroxylation is 1. The molecule has 0 bridgehead atoms. The molecular formula is C53H56F4N8O6S2. The molecule has 384 valence electrons. The highest BCUT2D eigenvalue weighted by Crippen LogP contribution is 2.41. The summed E-state index contributed by atoms with van der Waals surface area (Å²) in [5.41, 5.74) is 1.20. The molecule has 2 aromatic heterocycles. The van der Waals surface area contributed by atoms with Gasteiger partial charge in [0.05, 0.1) is 51.9 Å². The summed E-state index contributed by atoms with van der Waals surface area (Å²) in [6.45, 7) is 13.2. The number of nitrogens with zero attached hydrogens (tertiary/aromatic N) is 6. The van der Waals surface area contributed by atoms with Crippen LogP contribution in [0, 0.1) is 29.5 Å². The van der Waals surface area contributed by atoms with E-state index in [1.807, 2.05) is 64.4 Å². The maximum Gasteiger partial charge on any atom is 0.419 e. The van der Waals surface area contributed by atoms with Crippen LogP contribution in [0.1, 0.15) is 95.8 Å². The second kappa shape index (κ2) is 22.1. The van der Waals surface area contributed by atoms with E-state index in [0.29, 0.717) is 61.8 Å². The zero-order valence-electron chi connectivity index (χ0n) is 41.4. The first-order chi connectivity index (χ1) is 34.5. The normalized spacial score (nSPS) is 16.6. The summed E-state index contributed by atoms with van der Waals surface area (Å²) in [4.78, 5) is 67.1. The van der Waals surface area contributed by atoms with E-state index in [1.165, 1.54) is 36.9 Å². The molecule has 0 radical (unpaired) electrons. The molecule has 1 unspecified atom stereocenters. The fraction of sp³-hybridized carbons (Fsp3) is 0.396. The van der Waals surface area contributed by atoms with Gasteiger partial charge in [-0.2, -0.15) is 18.4 Å². The predicted molar refractivity (Wildman–Crippen MR) is 273 cm³/mol. The van der Waals surface area contributed by atoms with Gasteiger partial charge in [0.15, 0.2) is 10.8 Å². The van der Waals surface area contributed by atoms with Gasteiger partial charge in [-0.15, -0.1) is 11.3 Å². The number of aromatic nitrogens is 2. The van der Waals surface area contributed by atoms with Gasteiger partial charge < -0.3 is 29.9 Å². The van der Waals surface area contributed by atoms with E-state index in [0.717, 1.165) is 32.8 Å². The third-order valence-electron chi connectivity index (χ3n) is 12.8. The number of ether oxygens (including phenoxy) is 2. The summed E-state index contributed by atoms with van der Waals surface area (Å²) in [5.74, 6) is -1.89. The zero-order chi connectivity index (χ0) is 53.0. The minimum atomic E-state index is -4.93. The highest BCUT2D eigenvalue weighted by molar-refractivity contribution is 7.81. The van der Waals surface area contributed by atoms with E-state index >= 15 is 4.39 Å². The second-order valence-corrected chi connectivity index (χ2v) is 20.7. The summed E-state index contributed by atoms with van der Waals surface area (Å²) < 4.78 is 68.7. The van der Waals surface area contributed by atoms with Crippen LogP contribution in [0.3, 0.4) is 0 Å². The molecule has 0 spiro atoms. The quantitative estimate of drug-likeness (QED) is 0.0517. The second-order valence-electron chi connectivity index (χ2n) is 19.5. The average molecular weight is 1040 g/mol. The number of thiazole rings is 1. The lowest BCUT2D eigenvalue weighted by atomic mass is 9.85. The van der Waals surface area contributed by atoms with Gasteiger partial charge >= 0.3 is 6.18 Å². The van der Waals surface area contributed by atoms with E-state index in [4.69, 9.17) is 27.0 Å². The maximum atomic E-state index is 15.9. The van der Waals surface area contributed by atoms with E-state index in [1.54, 1.807) is 46.6 Å². The average Bonchev–Trinajstić information content (AvgIpc) is 4.06.